The second-order valence-corrected chi connectivity index (χ2v) is 5.95. The van der Waals surface area contributed by atoms with Crippen LogP contribution in [0.25, 0.3) is 0 Å². The lowest BCUT2D eigenvalue weighted by molar-refractivity contribution is -0.137. The van der Waals surface area contributed by atoms with Crippen molar-refractivity contribution in [1.29, 1.82) is 5.26 Å². The molecule has 1 aromatic carbocycles. The molecule has 1 aliphatic rings. The van der Waals surface area contributed by atoms with Crippen LogP contribution in [0.4, 0.5) is 0 Å². The molecule has 1 fully saturated rings. The summed E-state index contributed by atoms with van der Waals surface area (Å²) in [6.45, 7) is 2.89. The fourth-order valence-corrected chi connectivity index (χ4v) is 3.07. The molecule has 2 N–H and O–H groups in total. The summed E-state index contributed by atoms with van der Waals surface area (Å²) in [7, 11) is 0. The van der Waals surface area contributed by atoms with E-state index in [-0.39, 0.29) is 6.42 Å². The van der Waals surface area contributed by atoms with Gasteiger partial charge in [0.2, 0.25) is 0 Å². The summed E-state index contributed by atoms with van der Waals surface area (Å²) in [4.78, 5) is 12.9. The topological polar surface area (TPSA) is 76.4 Å². The molecule has 2 unspecified atom stereocenters. The molecule has 0 saturated carbocycles. The second-order valence-electron chi connectivity index (χ2n) is 5.95. The number of hydrogen-bond donors (Lipinski definition) is 2. The lowest BCUT2D eigenvalue weighted by Gasteiger charge is -2.37. The van der Waals surface area contributed by atoms with E-state index in [4.69, 9.17) is 10.4 Å². The molecule has 1 saturated heterocycles. The number of nitriles is 1. The summed E-state index contributed by atoms with van der Waals surface area (Å²) < 4.78 is 0. The Hall–Kier alpha value is -1.90. The van der Waals surface area contributed by atoms with Crippen LogP contribution in [0.3, 0.4) is 0 Å². The van der Waals surface area contributed by atoms with E-state index in [0.29, 0.717) is 24.9 Å². The molecule has 0 spiro atoms. The molecule has 0 bridgehead atoms. The monoisotopic (exact) mass is 301 g/mol. The predicted octanol–water partition coefficient (Wildman–Crippen LogP) is 1.86. The molecule has 118 valence electrons. The van der Waals surface area contributed by atoms with Crippen LogP contribution < -0.4 is 5.32 Å². The first-order chi connectivity index (χ1) is 10.7. The summed E-state index contributed by atoms with van der Waals surface area (Å²) in [5, 5.41) is 21.3. The van der Waals surface area contributed by atoms with Crippen molar-refractivity contribution in [2.75, 3.05) is 19.6 Å². The number of carbonyl (C=O) groups is 1. The molecule has 0 radical (unpaired) electrons. The molecule has 1 heterocycles. The summed E-state index contributed by atoms with van der Waals surface area (Å²) in [5.41, 5.74) is 1.24. The zero-order chi connectivity index (χ0) is 15.8. The van der Waals surface area contributed by atoms with Gasteiger partial charge in [0, 0.05) is 32.1 Å². The molecule has 0 aromatic heterocycles. The smallest absolute Gasteiger partial charge is 0.303 e. The summed E-state index contributed by atoms with van der Waals surface area (Å²) in [6.07, 6.45) is 1.86. The largest absolute Gasteiger partial charge is 0.481 e. The van der Waals surface area contributed by atoms with Crippen LogP contribution in [0, 0.1) is 17.2 Å². The van der Waals surface area contributed by atoms with E-state index in [0.717, 1.165) is 26.1 Å². The molecule has 0 amide bonds. The average Bonchev–Trinajstić information content (AvgIpc) is 2.52. The maximum atomic E-state index is 10.8. The number of carboxylic acids is 1. The first-order valence-corrected chi connectivity index (χ1v) is 7.75. The third-order valence-electron chi connectivity index (χ3n) is 4.11. The minimum Gasteiger partial charge on any atom is -0.481 e. The highest BCUT2D eigenvalue weighted by Gasteiger charge is 2.27. The van der Waals surface area contributed by atoms with E-state index in [1.54, 1.807) is 0 Å². The maximum absolute atomic E-state index is 10.8. The van der Waals surface area contributed by atoms with E-state index >= 15 is 0 Å². The van der Waals surface area contributed by atoms with Gasteiger partial charge in [0.15, 0.2) is 0 Å². The van der Waals surface area contributed by atoms with E-state index in [2.05, 4.69) is 28.4 Å². The number of piperidine rings is 1. The quantitative estimate of drug-likeness (QED) is 0.752. The van der Waals surface area contributed by atoms with Gasteiger partial charge in [0.05, 0.1) is 12.6 Å². The van der Waals surface area contributed by atoms with Gasteiger partial charge in [0.1, 0.15) is 0 Å². The van der Waals surface area contributed by atoms with Crippen molar-refractivity contribution < 1.29 is 9.90 Å². The molecule has 5 nitrogen and oxygen atoms in total. The van der Waals surface area contributed by atoms with Gasteiger partial charge in [-0.1, -0.05) is 30.3 Å². The Bertz CT molecular complexity index is 512. The molecule has 0 aliphatic carbocycles. The Balaban J connectivity index is 1.88. The third kappa shape index (κ3) is 5.47. The van der Waals surface area contributed by atoms with E-state index in [1.807, 2.05) is 18.2 Å². The second kappa shape index (κ2) is 8.52. The molecular formula is C17H23N3O2. The summed E-state index contributed by atoms with van der Waals surface area (Å²) in [6, 6.07) is 12.7. The van der Waals surface area contributed by atoms with Crippen molar-refractivity contribution in [3.05, 3.63) is 35.9 Å². The van der Waals surface area contributed by atoms with Crippen LogP contribution in [0.15, 0.2) is 30.3 Å². The fraction of sp³-hybridized carbons (Fsp3) is 0.529. The minimum atomic E-state index is -0.744. The maximum Gasteiger partial charge on any atom is 0.303 e. The van der Waals surface area contributed by atoms with Gasteiger partial charge >= 0.3 is 5.97 Å². The van der Waals surface area contributed by atoms with Crippen molar-refractivity contribution in [2.45, 2.75) is 31.8 Å². The van der Waals surface area contributed by atoms with Crippen molar-refractivity contribution in [2.24, 2.45) is 5.92 Å². The van der Waals surface area contributed by atoms with Gasteiger partial charge in [-0.05, 0) is 24.3 Å². The summed E-state index contributed by atoms with van der Waals surface area (Å²) >= 11 is 0. The van der Waals surface area contributed by atoms with E-state index in [9.17, 15) is 4.79 Å². The van der Waals surface area contributed by atoms with Gasteiger partial charge in [0.25, 0.3) is 0 Å². The highest BCUT2D eigenvalue weighted by atomic mass is 16.4. The Morgan fingerprint density at radius 1 is 1.36 bits per heavy atom. The molecule has 2 atom stereocenters. The number of hydrogen-bond acceptors (Lipinski definition) is 4. The lowest BCUT2D eigenvalue weighted by Crippen LogP contribution is -2.49. The predicted molar refractivity (Wildman–Crippen MR) is 84.1 cm³/mol. The van der Waals surface area contributed by atoms with Gasteiger partial charge in [-0.25, -0.2) is 0 Å². The van der Waals surface area contributed by atoms with Gasteiger partial charge in [-0.2, -0.15) is 5.26 Å². The molecule has 2 rings (SSSR count). The number of likely N-dealkylation sites (tertiary alicyclic amines) is 1. The van der Waals surface area contributed by atoms with Crippen molar-refractivity contribution in [3.63, 3.8) is 0 Å². The number of benzene rings is 1. The Labute approximate surface area is 131 Å². The van der Waals surface area contributed by atoms with Crippen molar-refractivity contribution >= 4 is 5.97 Å². The number of aliphatic carboxylic acids is 1. The first-order valence-electron chi connectivity index (χ1n) is 7.75. The lowest BCUT2D eigenvalue weighted by atomic mass is 9.90. The molecule has 1 aliphatic heterocycles. The van der Waals surface area contributed by atoms with Crippen molar-refractivity contribution in [3.8, 4) is 6.07 Å². The number of carboxylic acid groups (broad SMARTS) is 1. The number of rotatable bonds is 7. The normalized spacial score (nSPS) is 22.1. The fourth-order valence-electron chi connectivity index (χ4n) is 3.07. The number of nitrogens with zero attached hydrogens (tertiary/aromatic N) is 2. The highest BCUT2D eigenvalue weighted by molar-refractivity contribution is 5.66. The van der Waals surface area contributed by atoms with Crippen LogP contribution in [-0.2, 0) is 11.3 Å². The summed E-state index contributed by atoms with van der Waals surface area (Å²) in [5.74, 6) is -0.405. The van der Waals surface area contributed by atoms with E-state index < -0.39 is 5.97 Å². The Kier molecular flexibility index (Phi) is 6.38. The van der Waals surface area contributed by atoms with Gasteiger partial charge in [-0.3, -0.25) is 9.69 Å². The first kappa shape index (κ1) is 16.5. The highest BCUT2D eigenvalue weighted by Crippen LogP contribution is 2.21. The number of nitrogens with one attached hydrogen (secondary N) is 1. The minimum absolute atomic E-state index is 0.205. The van der Waals surface area contributed by atoms with Crippen LogP contribution in [0.1, 0.15) is 24.8 Å². The Morgan fingerprint density at radius 3 is 2.82 bits per heavy atom. The standard InChI is InChI=1S/C17H23N3O2/c18-8-9-20-12-15(6-7-17(21)22)10-16(13-20)19-11-14-4-2-1-3-5-14/h1-5,15-16,19H,6-7,9-13H2,(H,21,22). The van der Waals surface area contributed by atoms with Crippen molar-refractivity contribution in [1.82, 2.24) is 10.2 Å². The van der Waals surface area contributed by atoms with Crippen LogP contribution in [0.2, 0.25) is 0 Å². The molecule has 22 heavy (non-hydrogen) atoms. The Morgan fingerprint density at radius 2 is 2.14 bits per heavy atom. The SMILES string of the molecule is N#CCN1CC(CCC(=O)O)CC(NCc2ccccc2)C1. The zero-order valence-electron chi connectivity index (χ0n) is 12.7. The zero-order valence-corrected chi connectivity index (χ0v) is 12.7. The molecule has 5 heteroatoms. The van der Waals surface area contributed by atoms with Crippen LogP contribution >= 0.6 is 0 Å². The van der Waals surface area contributed by atoms with Gasteiger partial charge in [-0.15, -0.1) is 0 Å². The average molecular weight is 301 g/mol. The van der Waals surface area contributed by atoms with Crippen LogP contribution in [-0.4, -0.2) is 41.7 Å². The third-order valence-corrected chi connectivity index (χ3v) is 4.11. The van der Waals surface area contributed by atoms with E-state index in [1.165, 1.54) is 5.56 Å². The molecular weight excluding hydrogens is 278 g/mol. The molecule has 1 aromatic rings. The van der Waals surface area contributed by atoms with Crippen LogP contribution in [0.5, 0.6) is 0 Å². The van der Waals surface area contributed by atoms with Gasteiger partial charge < -0.3 is 10.4 Å².